The number of hydrogen-bond acceptors (Lipinski definition) is 26. The molecule has 4 unspecified atom stereocenters. The number of hydrogen-bond donors (Lipinski definition) is 5. The lowest BCUT2D eigenvalue weighted by Gasteiger charge is -2.34. The molecule has 4 atom stereocenters. The Labute approximate surface area is 740 Å². The SMILES string of the molecule is CC(C)(C)OC(=O)N1CCCC(OS(C)(=O)=O)C1.CC(C)(C)OC(=O)N1CCCC(n2nc(-c3ccc(Cl)cc3)c3c(N)ncnc32)C1.N#CCC(=O)N1CCCC(n2nc(-c3ccc(Cl)cc3)c3c(N)ncnc32)C1.Nc1ncnc2n[nH]c(-c3ccc(Cl)cc3)c12.[C-]#[N+]/C(=C\C1CC1)C(=O)N1CCCC(n2nc(-c3ccc(Cl)cc3)c3c(N)ncnc32)C1. The van der Waals surface area contributed by atoms with Gasteiger partial charge in [0.2, 0.25) is 11.6 Å². The highest BCUT2D eigenvalue weighted by Crippen LogP contribution is 2.40. The van der Waals surface area contributed by atoms with Crippen LogP contribution < -0.4 is 22.9 Å². The van der Waals surface area contributed by atoms with Crippen LogP contribution in [0.15, 0.2) is 134 Å². The van der Waals surface area contributed by atoms with E-state index >= 15 is 0 Å². The number of benzene rings is 4. The Morgan fingerprint density at radius 3 is 1.26 bits per heavy atom. The van der Waals surface area contributed by atoms with Crippen molar-refractivity contribution in [2.24, 2.45) is 5.92 Å². The number of fused-ring (bicyclic) bond motifs is 4. The van der Waals surface area contributed by atoms with Crippen LogP contribution >= 0.6 is 46.4 Å². The van der Waals surface area contributed by atoms with Gasteiger partial charge < -0.3 is 52.0 Å². The van der Waals surface area contributed by atoms with Crippen LogP contribution in [0.3, 0.4) is 0 Å². The quantitative estimate of drug-likeness (QED) is 0.0431. The minimum atomic E-state index is -3.49. The third-order valence-electron chi connectivity index (χ3n) is 20.9. The number of nitriles is 1. The highest BCUT2D eigenvalue weighted by molar-refractivity contribution is 7.86. The number of likely N-dealkylation sites (tertiary alicyclic amines) is 4. The van der Waals surface area contributed by atoms with Crippen LogP contribution in [0, 0.1) is 23.8 Å². The molecule has 40 heteroatoms. The lowest BCUT2D eigenvalue weighted by Crippen LogP contribution is -2.45. The normalized spacial score (nSPS) is 17.5. The van der Waals surface area contributed by atoms with Gasteiger partial charge in [-0.25, -0.2) is 68.4 Å². The summed E-state index contributed by atoms with van der Waals surface area (Å²) in [6, 6.07) is 31.3. The van der Waals surface area contributed by atoms with Gasteiger partial charge in [0.15, 0.2) is 22.6 Å². The van der Waals surface area contributed by atoms with E-state index < -0.39 is 33.5 Å². The van der Waals surface area contributed by atoms with Gasteiger partial charge in [0.25, 0.3) is 16.0 Å². The predicted octanol–water partition coefficient (Wildman–Crippen LogP) is 14.8. The lowest BCUT2D eigenvalue weighted by molar-refractivity contribution is -0.132. The van der Waals surface area contributed by atoms with E-state index in [1.54, 1.807) is 59.7 Å². The molecule has 4 aromatic carbocycles. The number of carbonyl (C=O) groups excluding carboxylic acids is 4. The Bertz CT molecular complexity index is 6160. The van der Waals surface area contributed by atoms with Crippen LogP contribution in [-0.2, 0) is 33.4 Å². The van der Waals surface area contributed by atoms with Crippen molar-refractivity contribution in [3.8, 4) is 51.1 Å². The van der Waals surface area contributed by atoms with Crippen LogP contribution in [0.4, 0.5) is 32.9 Å². The standard InChI is InChI=1S/C23H22ClN7O.C21H25ClN6O2.C19H18ClN7O.C11H8ClN5.C11H21NO5S/c1-26-18(11-14-4-5-14)23(32)30-10-2-3-17(12-30)31-22-19(21(25)27-13-28-22)20(29-31)15-6-8-16(24)9-7-15;1-21(2,3)30-20(29)27-10-4-5-15(11-27)28-19-16(18(23)24-12-25-19)17(26-28)13-6-8-14(22)9-7-13;20-13-5-3-12(4-6-13)17-16-18(22)23-11-24-19(16)27(25-17)14-2-1-9-26(10-14)15(28)7-8-21;12-7-3-1-6(2-4-7)9-8-10(13)14-5-15-11(8)17-16-9;1-11(2,3)16-10(13)12-7-5-6-9(8-12)17-18(4,14)15/h6-9,11,13-14,17H,2-5,10,12H2,(H2,25,27,28);6-9,12,15H,4-5,10-11H2,1-3H3,(H2,23,24,25);3-6,11,14H,1-2,7,9-10H2,(H2,22,23,24);1-5H,(H3,13,14,15,16,17);9H,5-8H2,1-4H3/b18-11-;;;;. The summed E-state index contributed by atoms with van der Waals surface area (Å²) in [7, 11) is -3.49. The molecule has 0 bridgehead atoms. The number of nitrogens with one attached hydrogen (secondary N) is 1. The summed E-state index contributed by atoms with van der Waals surface area (Å²) in [5.41, 5.74) is 32.5. The second-order valence-electron chi connectivity index (χ2n) is 32.6. The monoisotopic (exact) mass is 1790 g/mol. The number of amides is 4. The van der Waals surface area contributed by atoms with Crippen molar-refractivity contribution < 1.29 is 41.3 Å². The van der Waals surface area contributed by atoms with E-state index in [-0.39, 0.29) is 54.7 Å². The van der Waals surface area contributed by atoms with E-state index in [1.807, 2.05) is 120 Å². The number of allylic oxidation sites excluding steroid dienone is 1. The highest BCUT2D eigenvalue weighted by atomic mass is 35.5. The minimum Gasteiger partial charge on any atom is -0.444 e. The van der Waals surface area contributed by atoms with Crippen molar-refractivity contribution in [2.45, 2.75) is 148 Å². The number of nitrogen functional groups attached to an aromatic ring is 4. The summed E-state index contributed by atoms with van der Waals surface area (Å²) < 4.78 is 43.4. The Balaban J connectivity index is 0.000000137. The fourth-order valence-electron chi connectivity index (χ4n) is 15.0. The van der Waals surface area contributed by atoms with E-state index in [1.165, 1.54) is 30.2 Å². The van der Waals surface area contributed by atoms with Crippen LogP contribution in [0.5, 0.6) is 0 Å². The van der Waals surface area contributed by atoms with Crippen molar-refractivity contribution in [3.05, 3.63) is 166 Å². The molecule has 0 radical (unpaired) electrons. The maximum absolute atomic E-state index is 13.0. The number of carbonyl (C=O) groups is 4. The van der Waals surface area contributed by atoms with Crippen molar-refractivity contribution in [2.75, 3.05) is 81.5 Å². The molecule has 4 amide bonds. The fourth-order valence-corrected chi connectivity index (χ4v) is 16.1. The zero-order valence-corrected chi connectivity index (χ0v) is 73.6. The third-order valence-corrected chi connectivity index (χ3v) is 22.5. The van der Waals surface area contributed by atoms with Crippen molar-refractivity contribution in [3.63, 3.8) is 0 Å². The number of rotatable bonds is 12. The van der Waals surface area contributed by atoms with Gasteiger partial charge in [0.05, 0.1) is 76.9 Å². The van der Waals surface area contributed by atoms with Gasteiger partial charge in [0.1, 0.15) is 83.3 Å². The summed E-state index contributed by atoms with van der Waals surface area (Å²) >= 11 is 24.0. The van der Waals surface area contributed by atoms with Crippen LogP contribution in [0.1, 0.15) is 130 Å². The number of aromatic nitrogens is 16. The largest absolute Gasteiger partial charge is 0.444 e. The lowest BCUT2D eigenvalue weighted by atomic mass is 10.1. The summed E-state index contributed by atoms with van der Waals surface area (Å²) in [5.74, 6) is 1.52. The van der Waals surface area contributed by atoms with Gasteiger partial charge >= 0.3 is 12.2 Å². The fraction of sp³-hybridized carbons (Fsp3) is 0.388. The first-order valence-corrected chi connectivity index (χ1v) is 43.8. The maximum Gasteiger partial charge on any atom is 0.410 e. The van der Waals surface area contributed by atoms with Gasteiger partial charge in [-0.1, -0.05) is 101 Å². The molecule has 1 saturated carbocycles. The van der Waals surface area contributed by atoms with Gasteiger partial charge in [-0.2, -0.15) is 34.1 Å². The highest BCUT2D eigenvalue weighted by Gasteiger charge is 2.36. The molecule has 0 spiro atoms. The van der Waals surface area contributed by atoms with Crippen molar-refractivity contribution in [1.82, 2.24) is 99.0 Å². The summed E-state index contributed by atoms with van der Waals surface area (Å²) in [4.78, 5) is 93.6. The molecular formula is C85H94Cl4N26O9S. The molecule has 17 rings (SSSR count). The average Bonchev–Trinajstić information content (AvgIpc) is 1.62. The molecule has 9 N–H and O–H groups in total. The van der Waals surface area contributed by atoms with Crippen LogP contribution in [0.25, 0.3) is 94.0 Å². The predicted molar refractivity (Wildman–Crippen MR) is 477 cm³/mol. The van der Waals surface area contributed by atoms with Gasteiger partial charge in [-0.3, -0.25) is 18.9 Å². The number of anilines is 4. The maximum atomic E-state index is 13.0. The third kappa shape index (κ3) is 22.6. The number of halogens is 4. The number of nitrogens with two attached hydrogens (primary N) is 4. The first-order chi connectivity index (χ1) is 59.7. The Hall–Kier alpha value is -12.5. The van der Waals surface area contributed by atoms with Crippen LogP contribution in [-0.4, -0.2) is 207 Å². The molecule has 125 heavy (non-hydrogen) atoms. The van der Waals surface area contributed by atoms with Crippen molar-refractivity contribution in [1.29, 1.82) is 5.26 Å². The zero-order chi connectivity index (χ0) is 89.2. The van der Waals surface area contributed by atoms with Gasteiger partial charge in [0, 0.05) is 88.2 Å². The summed E-state index contributed by atoms with van der Waals surface area (Å²) in [6.07, 6.45) is 15.8. The topological polar surface area (TPSA) is 461 Å². The molecule has 5 fully saturated rings. The second-order valence-corrected chi connectivity index (χ2v) is 35.9. The summed E-state index contributed by atoms with van der Waals surface area (Å²) in [5, 5.41) is 35.8. The Morgan fingerprint density at radius 1 is 0.512 bits per heavy atom. The molecule has 35 nitrogen and oxygen atoms in total. The van der Waals surface area contributed by atoms with Gasteiger partial charge in [-0.05, 0) is 160 Å². The van der Waals surface area contributed by atoms with E-state index in [2.05, 4.69) is 54.9 Å². The molecule has 5 aliphatic rings. The van der Waals surface area contributed by atoms with Crippen molar-refractivity contribution >= 4 is 148 Å². The zero-order valence-electron chi connectivity index (χ0n) is 69.7. The first kappa shape index (κ1) is 90.3. The second kappa shape index (κ2) is 39.2. The molecule has 652 valence electrons. The molecule has 12 aromatic rings. The average molecular weight is 1800 g/mol. The molecule has 4 aliphatic heterocycles. The number of piperidine rings is 4. The molecular weight excluding hydrogens is 1700 g/mol. The molecule has 12 heterocycles. The molecule has 1 aliphatic carbocycles. The van der Waals surface area contributed by atoms with Crippen LogP contribution in [0.2, 0.25) is 20.1 Å². The van der Waals surface area contributed by atoms with E-state index in [9.17, 15) is 27.6 Å². The van der Waals surface area contributed by atoms with E-state index in [0.717, 1.165) is 91.0 Å². The number of ether oxygens (including phenoxy) is 2. The molecule has 4 saturated heterocycles. The Morgan fingerprint density at radius 2 is 0.872 bits per heavy atom. The minimum absolute atomic E-state index is 0.0379. The summed E-state index contributed by atoms with van der Waals surface area (Å²) in [6.45, 7) is 22.6. The smallest absolute Gasteiger partial charge is 0.410 e. The number of H-pyrrole nitrogens is 1. The first-order valence-electron chi connectivity index (χ1n) is 40.5. The number of nitrogens with zero attached hydrogens (tertiary/aromatic N) is 21. The van der Waals surface area contributed by atoms with E-state index in [0.29, 0.717) is 164 Å². The van der Waals surface area contributed by atoms with Gasteiger partial charge in [-0.15, -0.1) is 0 Å². The Kier molecular flexibility index (Phi) is 28.3. The molecule has 8 aromatic heterocycles. The number of aromatic amines is 1. The van der Waals surface area contributed by atoms with E-state index in [4.69, 9.17) is 110 Å².